The van der Waals surface area contributed by atoms with Crippen LogP contribution in [0.25, 0.3) is 11.0 Å². The third-order valence-electron chi connectivity index (χ3n) is 2.78. The Labute approximate surface area is 111 Å². The van der Waals surface area contributed by atoms with Crippen LogP contribution < -0.4 is 5.32 Å². The molecule has 0 aliphatic rings. The summed E-state index contributed by atoms with van der Waals surface area (Å²) < 4.78 is 6.72. The molecule has 19 heavy (non-hydrogen) atoms. The topological polar surface area (TPSA) is 69.0 Å². The van der Waals surface area contributed by atoms with Gasteiger partial charge in [0.05, 0.1) is 18.4 Å². The molecule has 0 aliphatic heterocycles. The molecule has 0 saturated carbocycles. The van der Waals surface area contributed by atoms with Crippen molar-refractivity contribution in [3.05, 3.63) is 24.0 Å². The van der Waals surface area contributed by atoms with Gasteiger partial charge in [-0.05, 0) is 19.9 Å². The fourth-order valence-electron chi connectivity index (χ4n) is 1.81. The van der Waals surface area contributed by atoms with Crippen LogP contribution in [0.15, 0.2) is 18.5 Å². The van der Waals surface area contributed by atoms with E-state index < -0.39 is 0 Å². The Morgan fingerprint density at radius 2 is 2.26 bits per heavy atom. The van der Waals surface area contributed by atoms with Gasteiger partial charge in [0.2, 0.25) is 0 Å². The number of amides is 1. The molecule has 2 aromatic rings. The van der Waals surface area contributed by atoms with Crippen molar-refractivity contribution in [1.29, 1.82) is 0 Å². The minimum absolute atomic E-state index is 0.149. The lowest BCUT2D eigenvalue weighted by atomic mass is 10.2. The van der Waals surface area contributed by atoms with Gasteiger partial charge in [-0.2, -0.15) is 5.10 Å². The molecule has 0 bridgehead atoms. The Bertz CT molecular complexity index is 577. The van der Waals surface area contributed by atoms with Gasteiger partial charge in [0.15, 0.2) is 5.65 Å². The molecular formula is C13H18N4O2. The first-order valence-corrected chi connectivity index (χ1v) is 6.24. The number of methoxy groups -OCH3 is 1. The van der Waals surface area contributed by atoms with Crippen LogP contribution >= 0.6 is 0 Å². The molecule has 6 heteroatoms. The average molecular weight is 262 g/mol. The van der Waals surface area contributed by atoms with E-state index in [0.717, 1.165) is 11.0 Å². The second-order valence-corrected chi connectivity index (χ2v) is 4.57. The zero-order chi connectivity index (χ0) is 13.8. The third-order valence-corrected chi connectivity index (χ3v) is 2.78. The number of nitrogens with one attached hydrogen (secondary N) is 1. The zero-order valence-electron chi connectivity index (χ0n) is 11.4. The number of nitrogens with zero attached hydrogens (tertiary/aromatic N) is 3. The fraction of sp³-hybridized carbons (Fsp3) is 0.462. The molecule has 0 spiro atoms. The maximum atomic E-state index is 11.9. The number of carbonyl (C=O) groups excluding carboxylic acids is 1. The smallest absolute Gasteiger partial charge is 0.252 e. The summed E-state index contributed by atoms with van der Waals surface area (Å²) >= 11 is 0. The van der Waals surface area contributed by atoms with Crippen LogP contribution in [0, 0.1) is 0 Å². The highest BCUT2D eigenvalue weighted by Crippen LogP contribution is 2.16. The normalized spacial score (nSPS) is 11.2. The largest absolute Gasteiger partial charge is 0.383 e. The lowest BCUT2D eigenvalue weighted by molar-refractivity contribution is 0.0937. The van der Waals surface area contributed by atoms with Crippen LogP contribution in [-0.2, 0) is 4.74 Å². The predicted molar refractivity (Wildman–Crippen MR) is 72.1 cm³/mol. The lowest BCUT2D eigenvalue weighted by Crippen LogP contribution is -2.27. The number of hydrogen-bond donors (Lipinski definition) is 1. The van der Waals surface area contributed by atoms with E-state index in [-0.39, 0.29) is 11.9 Å². The molecule has 0 aliphatic carbocycles. The molecular weight excluding hydrogens is 244 g/mol. The van der Waals surface area contributed by atoms with Crippen LogP contribution in [0.2, 0.25) is 0 Å². The average Bonchev–Trinajstić information content (AvgIpc) is 2.81. The van der Waals surface area contributed by atoms with Crippen LogP contribution in [0.5, 0.6) is 0 Å². The summed E-state index contributed by atoms with van der Waals surface area (Å²) in [6, 6.07) is 2.04. The second-order valence-electron chi connectivity index (χ2n) is 4.57. The van der Waals surface area contributed by atoms with Gasteiger partial charge < -0.3 is 10.1 Å². The molecule has 1 amide bonds. The quantitative estimate of drug-likeness (QED) is 0.827. The van der Waals surface area contributed by atoms with Gasteiger partial charge in [0.1, 0.15) is 0 Å². The highest BCUT2D eigenvalue weighted by Gasteiger charge is 2.11. The molecule has 2 aromatic heterocycles. The van der Waals surface area contributed by atoms with Crippen LogP contribution in [0.1, 0.15) is 30.2 Å². The minimum atomic E-state index is -0.149. The molecule has 0 atom stereocenters. The first-order valence-electron chi connectivity index (χ1n) is 6.24. The Kier molecular flexibility index (Phi) is 4.11. The maximum absolute atomic E-state index is 11.9. The lowest BCUT2D eigenvalue weighted by Gasteiger charge is -2.07. The van der Waals surface area contributed by atoms with E-state index in [4.69, 9.17) is 4.74 Å². The van der Waals surface area contributed by atoms with E-state index in [0.29, 0.717) is 18.7 Å². The van der Waals surface area contributed by atoms with Crippen molar-refractivity contribution in [3.8, 4) is 0 Å². The van der Waals surface area contributed by atoms with Crippen molar-refractivity contribution >= 4 is 16.9 Å². The van der Waals surface area contributed by atoms with E-state index in [1.54, 1.807) is 25.6 Å². The summed E-state index contributed by atoms with van der Waals surface area (Å²) in [7, 11) is 1.60. The Hall–Kier alpha value is -1.95. The van der Waals surface area contributed by atoms with Crippen molar-refractivity contribution in [2.45, 2.75) is 19.9 Å². The van der Waals surface area contributed by atoms with Crippen molar-refractivity contribution in [1.82, 2.24) is 20.1 Å². The number of pyridine rings is 1. The standard InChI is InChI=1S/C13H18N4O2/c1-9(2)17-12-10(8-16-17)6-11(7-15-12)13(18)14-4-5-19-3/h6-9H,4-5H2,1-3H3,(H,14,18). The number of carbonyl (C=O) groups is 1. The van der Waals surface area contributed by atoms with Crippen molar-refractivity contribution in [3.63, 3.8) is 0 Å². The molecule has 0 fully saturated rings. The second kappa shape index (κ2) is 5.79. The highest BCUT2D eigenvalue weighted by atomic mass is 16.5. The Morgan fingerprint density at radius 1 is 1.47 bits per heavy atom. The summed E-state index contributed by atoms with van der Waals surface area (Å²) in [4.78, 5) is 16.2. The molecule has 2 heterocycles. The van der Waals surface area contributed by atoms with Crippen LogP contribution in [0.4, 0.5) is 0 Å². The number of ether oxygens (including phenoxy) is 1. The summed E-state index contributed by atoms with van der Waals surface area (Å²) in [5.41, 5.74) is 1.33. The van der Waals surface area contributed by atoms with Gasteiger partial charge >= 0.3 is 0 Å². The summed E-state index contributed by atoms with van der Waals surface area (Å²) in [5.74, 6) is -0.149. The first-order chi connectivity index (χ1) is 9.13. The van der Waals surface area contributed by atoms with Crippen molar-refractivity contribution in [2.24, 2.45) is 0 Å². The summed E-state index contributed by atoms with van der Waals surface area (Å²) in [6.45, 7) is 5.06. The maximum Gasteiger partial charge on any atom is 0.252 e. The monoisotopic (exact) mass is 262 g/mol. The minimum Gasteiger partial charge on any atom is -0.383 e. The SMILES string of the molecule is COCCNC(=O)c1cnc2c(cnn2C(C)C)c1. The predicted octanol–water partition coefficient (Wildman–Crippen LogP) is 1.39. The molecule has 0 aromatic carbocycles. The summed E-state index contributed by atoms with van der Waals surface area (Å²) in [6.07, 6.45) is 3.30. The molecule has 2 rings (SSSR count). The van der Waals surface area contributed by atoms with E-state index in [9.17, 15) is 4.79 Å². The van der Waals surface area contributed by atoms with Gasteiger partial charge in [-0.3, -0.25) is 4.79 Å². The molecule has 0 unspecified atom stereocenters. The van der Waals surface area contributed by atoms with Gasteiger partial charge in [-0.1, -0.05) is 0 Å². The van der Waals surface area contributed by atoms with Gasteiger partial charge in [-0.15, -0.1) is 0 Å². The van der Waals surface area contributed by atoms with E-state index >= 15 is 0 Å². The van der Waals surface area contributed by atoms with E-state index in [2.05, 4.69) is 15.4 Å². The fourth-order valence-corrected chi connectivity index (χ4v) is 1.81. The number of hydrogen-bond acceptors (Lipinski definition) is 4. The highest BCUT2D eigenvalue weighted by molar-refractivity contribution is 5.96. The van der Waals surface area contributed by atoms with Crippen LogP contribution in [0.3, 0.4) is 0 Å². The van der Waals surface area contributed by atoms with Crippen molar-refractivity contribution < 1.29 is 9.53 Å². The van der Waals surface area contributed by atoms with Gasteiger partial charge in [-0.25, -0.2) is 9.67 Å². The third kappa shape index (κ3) is 2.90. The first kappa shape index (κ1) is 13.5. The van der Waals surface area contributed by atoms with Gasteiger partial charge in [0, 0.05) is 31.3 Å². The Morgan fingerprint density at radius 3 is 2.95 bits per heavy atom. The molecule has 1 N–H and O–H groups in total. The van der Waals surface area contributed by atoms with E-state index in [1.165, 1.54) is 0 Å². The number of aromatic nitrogens is 3. The molecule has 102 valence electrons. The van der Waals surface area contributed by atoms with Crippen molar-refractivity contribution in [2.75, 3.05) is 20.3 Å². The number of rotatable bonds is 5. The Balaban J connectivity index is 2.20. The number of fused-ring (bicyclic) bond motifs is 1. The van der Waals surface area contributed by atoms with Gasteiger partial charge in [0.25, 0.3) is 5.91 Å². The molecule has 6 nitrogen and oxygen atoms in total. The molecule has 0 saturated heterocycles. The van der Waals surface area contributed by atoms with Crippen LogP contribution in [-0.4, -0.2) is 40.9 Å². The summed E-state index contributed by atoms with van der Waals surface area (Å²) in [5, 5.41) is 7.90. The van der Waals surface area contributed by atoms with E-state index in [1.807, 2.05) is 18.5 Å². The zero-order valence-corrected chi connectivity index (χ0v) is 11.4. The molecule has 0 radical (unpaired) electrons.